The molecule has 5 heteroatoms. The lowest BCUT2D eigenvalue weighted by atomic mass is 9.81. The molecule has 1 aliphatic heterocycles. The Labute approximate surface area is 301 Å². The number of benzene rings is 6. The third-order valence-electron chi connectivity index (χ3n) is 9.64. The van der Waals surface area contributed by atoms with Gasteiger partial charge in [0.25, 0.3) is 0 Å². The van der Waals surface area contributed by atoms with Crippen molar-refractivity contribution in [3.8, 4) is 16.9 Å². The SMILES string of the molecule is O=C1C=Cc2ccccc2/C1=C1/C(=N\C=C2\C=CC=C(C=Nc3ccc4ccccc4c3-c3c(O)ccc4ccccc34)N2)C=Cc2ccccc21. The summed E-state index contributed by atoms with van der Waals surface area (Å²) in [5.41, 5.74) is 10.00. The normalized spacial score (nSPS) is 17.9. The third-order valence-corrected chi connectivity index (χ3v) is 9.64. The fraction of sp³-hybridized carbons (Fsp3) is 0. The third kappa shape index (κ3) is 5.51. The summed E-state index contributed by atoms with van der Waals surface area (Å²) in [6.07, 6.45) is 17.0. The monoisotopic (exact) mass is 669 g/mol. The van der Waals surface area contributed by atoms with Gasteiger partial charge in [-0.25, -0.2) is 0 Å². The lowest BCUT2D eigenvalue weighted by molar-refractivity contribution is -0.109. The van der Waals surface area contributed by atoms with Crippen LogP contribution in [0.1, 0.15) is 22.3 Å². The van der Waals surface area contributed by atoms with Crippen molar-refractivity contribution in [2.24, 2.45) is 9.98 Å². The number of phenolic OH excluding ortho intramolecular Hbond substituents is 1. The lowest BCUT2D eigenvalue weighted by Crippen LogP contribution is -2.16. The van der Waals surface area contributed by atoms with E-state index in [1.807, 2.05) is 121 Å². The molecule has 2 N–H and O–H groups in total. The fourth-order valence-electron chi connectivity index (χ4n) is 7.23. The summed E-state index contributed by atoms with van der Waals surface area (Å²) in [6, 6.07) is 40.1. The van der Waals surface area contributed by atoms with E-state index < -0.39 is 0 Å². The number of aromatic hydroxyl groups is 1. The van der Waals surface area contributed by atoms with Gasteiger partial charge in [0, 0.05) is 22.3 Å². The topological polar surface area (TPSA) is 74.0 Å². The average Bonchev–Trinajstić information content (AvgIpc) is 3.19. The fourth-order valence-corrected chi connectivity index (χ4v) is 7.23. The van der Waals surface area contributed by atoms with E-state index in [1.165, 1.54) is 0 Å². The molecule has 6 aromatic rings. The summed E-state index contributed by atoms with van der Waals surface area (Å²) in [5.74, 6) is 0.165. The minimum Gasteiger partial charge on any atom is -0.507 e. The summed E-state index contributed by atoms with van der Waals surface area (Å²) in [5, 5.41) is 18.8. The highest BCUT2D eigenvalue weighted by Crippen LogP contribution is 2.45. The van der Waals surface area contributed by atoms with Crippen molar-refractivity contribution in [3.05, 3.63) is 192 Å². The number of nitrogens with one attached hydrogen (secondary N) is 1. The molecule has 0 aromatic heterocycles. The zero-order chi connectivity index (χ0) is 35.0. The Morgan fingerprint density at radius 3 is 2.00 bits per heavy atom. The van der Waals surface area contributed by atoms with Gasteiger partial charge in [0.2, 0.25) is 0 Å². The number of dihydropyridines is 1. The van der Waals surface area contributed by atoms with Crippen molar-refractivity contribution in [1.82, 2.24) is 5.32 Å². The molecule has 246 valence electrons. The Morgan fingerprint density at radius 2 is 1.23 bits per heavy atom. The van der Waals surface area contributed by atoms with Crippen LogP contribution >= 0.6 is 0 Å². The largest absolute Gasteiger partial charge is 0.507 e. The van der Waals surface area contributed by atoms with Gasteiger partial charge >= 0.3 is 0 Å². The second-order valence-corrected chi connectivity index (χ2v) is 12.8. The second-order valence-electron chi connectivity index (χ2n) is 12.8. The Bertz CT molecular complexity index is 2740. The summed E-state index contributed by atoms with van der Waals surface area (Å²) >= 11 is 0. The van der Waals surface area contributed by atoms with Gasteiger partial charge in [0.15, 0.2) is 5.78 Å². The molecule has 9 rings (SSSR count). The molecule has 0 radical (unpaired) electrons. The van der Waals surface area contributed by atoms with E-state index in [-0.39, 0.29) is 11.5 Å². The van der Waals surface area contributed by atoms with Crippen LogP contribution in [0.3, 0.4) is 0 Å². The van der Waals surface area contributed by atoms with Crippen LogP contribution < -0.4 is 5.32 Å². The first-order chi connectivity index (χ1) is 25.6. The number of phenols is 1. The number of ketones is 1. The molecule has 0 amide bonds. The molecule has 3 aliphatic rings. The molecule has 1 heterocycles. The van der Waals surface area contributed by atoms with Crippen LogP contribution in [0.2, 0.25) is 0 Å². The van der Waals surface area contributed by atoms with Crippen LogP contribution in [0.15, 0.2) is 179 Å². The van der Waals surface area contributed by atoms with E-state index in [2.05, 4.69) is 35.6 Å². The maximum atomic E-state index is 13.5. The predicted octanol–water partition coefficient (Wildman–Crippen LogP) is 10.6. The molecule has 5 nitrogen and oxygen atoms in total. The molecule has 6 aromatic carbocycles. The maximum absolute atomic E-state index is 13.5. The maximum Gasteiger partial charge on any atom is 0.187 e. The summed E-state index contributed by atoms with van der Waals surface area (Å²) in [7, 11) is 0. The van der Waals surface area contributed by atoms with Gasteiger partial charge in [-0.05, 0) is 80.2 Å². The van der Waals surface area contributed by atoms with Crippen molar-refractivity contribution < 1.29 is 9.90 Å². The van der Waals surface area contributed by atoms with Gasteiger partial charge in [0.05, 0.1) is 35.2 Å². The number of nitrogens with zero attached hydrogens (tertiary/aromatic N) is 2. The molecular weight excluding hydrogens is 639 g/mol. The molecule has 0 saturated heterocycles. The van der Waals surface area contributed by atoms with Crippen LogP contribution in [0.5, 0.6) is 5.75 Å². The first kappa shape index (κ1) is 30.9. The van der Waals surface area contributed by atoms with Crippen molar-refractivity contribution in [1.29, 1.82) is 0 Å². The van der Waals surface area contributed by atoms with Crippen molar-refractivity contribution >= 4 is 68.2 Å². The molecule has 0 bridgehead atoms. The van der Waals surface area contributed by atoms with E-state index in [0.29, 0.717) is 11.3 Å². The summed E-state index contributed by atoms with van der Waals surface area (Å²) < 4.78 is 0. The lowest BCUT2D eigenvalue weighted by Gasteiger charge is -2.22. The van der Waals surface area contributed by atoms with Crippen LogP contribution in [-0.2, 0) is 4.79 Å². The van der Waals surface area contributed by atoms with Gasteiger partial charge in [-0.15, -0.1) is 0 Å². The van der Waals surface area contributed by atoms with Crippen LogP contribution in [-0.4, -0.2) is 22.8 Å². The molecule has 2 aliphatic carbocycles. The highest BCUT2D eigenvalue weighted by molar-refractivity contribution is 6.48. The zero-order valence-corrected chi connectivity index (χ0v) is 28.0. The van der Waals surface area contributed by atoms with Crippen LogP contribution in [0.25, 0.3) is 56.0 Å². The number of allylic oxidation sites excluding steroid dienone is 8. The number of hydrogen-bond donors (Lipinski definition) is 2. The standard InChI is InChI=1S/C47H31N3O2/c51-42-26-22-32-12-3-7-18-38(32)46(42)44-36-16-5-1-10-30(36)20-24-40(44)48-28-34-14-9-15-35(50-34)29-49-41-25-21-31-11-2-6-17-37(31)45(41)47-39-19-8-4-13-33(39)23-27-43(47)52/h1-29,50-51H/b35-29-,47-45-,48-28?,49-41-. The Balaban J connectivity index is 1.08. The molecule has 52 heavy (non-hydrogen) atoms. The van der Waals surface area contributed by atoms with E-state index in [9.17, 15) is 9.90 Å². The van der Waals surface area contributed by atoms with Crippen molar-refractivity contribution in [2.75, 3.05) is 0 Å². The summed E-state index contributed by atoms with van der Waals surface area (Å²) in [6.45, 7) is 0. The van der Waals surface area contributed by atoms with Crippen molar-refractivity contribution in [2.45, 2.75) is 0 Å². The quantitative estimate of drug-likeness (QED) is 0.145. The minimum atomic E-state index is -0.0406. The van der Waals surface area contributed by atoms with Crippen LogP contribution in [0, 0.1) is 0 Å². The highest BCUT2D eigenvalue weighted by Gasteiger charge is 2.27. The average molecular weight is 670 g/mol. The number of fused-ring (bicyclic) bond motifs is 4. The highest BCUT2D eigenvalue weighted by atomic mass is 16.3. The summed E-state index contributed by atoms with van der Waals surface area (Å²) in [4.78, 5) is 23.5. The smallest absolute Gasteiger partial charge is 0.187 e. The number of rotatable bonds is 4. The second kappa shape index (κ2) is 13.0. The van der Waals surface area contributed by atoms with E-state index in [1.54, 1.807) is 24.6 Å². The Hall–Kier alpha value is -7.11. The number of hydrogen-bond acceptors (Lipinski definition) is 5. The van der Waals surface area contributed by atoms with E-state index in [4.69, 9.17) is 9.98 Å². The van der Waals surface area contributed by atoms with Gasteiger partial charge < -0.3 is 10.4 Å². The molecule has 0 unspecified atom stereocenters. The molecule has 0 saturated carbocycles. The predicted molar refractivity (Wildman–Crippen MR) is 215 cm³/mol. The molecule has 0 spiro atoms. The Kier molecular flexibility index (Phi) is 7.71. The van der Waals surface area contributed by atoms with Gasteiger partial charge in [-0.1, -0.05) is 127 Å². The van der Waals surface area contributed by atoms with Gasteiger partial charge in [-0.3, -0.25) is 14.8 Å². The van der Waals surface area contributed by atoms with E-state index >= 15 is 0 Å². The van der Waals surface area contributed by atoms with Crippen molar-refractivity contribution in [3.63, 3.8) is 0 Å². The number of carbonyl (C=O) groups excluding carboxylic acids is 1. The first-order valence-corrected chi connectivity index (χ1v) is 17.2. The molecule has 0 fully saturated rings. The van der Waals surface area contributed by atoms with Gasteiger partial charge in [0.1, 0.15) is 5.75 Å². The first-order valence-electron chi connectivity index (χ1n) is 17.2. The molecular formula is C47H31N3O2. The van der Waals surface area contributed by atoms with Gasteiger partial charge in [-0.2, -0.15) is 0 Å². The number of carbonyl (C=O) groups is 1. The number of aliphatic imine (C=N–C) groups is 2. The zero-order valence-electron chi connectivity index (χ0n) is 28.0. The van der Waals surface area contributed by atoms with E-state index in [0.717, 1.165) is 77.6 Å². The Morgan fingerprint density at radius 1 is 0.596 bits per heavy atom. The minimum absolute atomic E-state index is 0.0406. The van der Waals surface area contributed by atoms with Crippen LogP contribution in [0.4, 0.5) is 5.69 Å². The molecule has 0 atom stereocenters.